The van der Waals surface area contributed by atoms with Gasteiger partial charge in [0.25, 0.3) is 0 Å². The van der Waals surface area contributed by atoms with E-state index in [1.807, 2.05) is 0 Å². The highest BCUT2D eigenvalue weighted by atomic mass is 16.7. The van der Waals surface area contributed by atoms with Crippen LogP contribution in [0.2, 0.25) is 0 Å². The number of hydrogen-bond acceptors (Lipinski definition) is 7. The van der Waals surface area contributed by atoms with Gasteiger partial charge in [-0.05, 0) is 17.7 Å². The second kappa shape index (κ2) is 4.96. The molecule has 1 aromatic rings. The van der Waals surface area contributed by atoms with Gasteiger partial charge in [-0.3, -0.25) is 4.79 Å². The Bertz CT molecular complexity index is 543. The maximum absolute atomic E-state index is 11.7. The lowest BCUT2D eigenvalue weighted by molar-refractivity contribution is -0.320. The van der Waals surface area contributed by atoms with Gasteiger partial charge in [0.05, 0.1) is 18.9 Å². The molecule has 2 fully saturated rings. The van der Waals surface area contributed by atoms with E-state index in [0.29, 0.717) is 5.56 Å². The number of aromatic hydroxyl groups is 1. The fraction of sp³-hybridized carbons (Fsp3) is 0.500. The van der Waals surface area contributed by atoms with E-state index in [1.54, 1.807) is 12.1 Å². The molecule has 2 heterocycles. The first-order valence-electron chi connectivity index (χ1n) is 6.63. The number of phenols is 1. The van der Waals surface area contributed by atoms with Crippen molar-refractivity contribution < 1.29 is 34.7 Å². The van der Waals surface area contributed by atoms with Crippen LogP contribution in [0.1, 0.15) is 17.9 Å². The summed E-state index contributed by atoms with van der Waals surface area (Å²) in [4.78, 5) is 11.7. The molecule has 21 heavy (non-hydrogen) atoms. The van der Waals surface area contributed by atoms with Gasteiger partial charge in [0.1, 0.15) is 24.1 Å². The van der Waals surface area contributed by atoms with Gasteiger partial charge < -0.3 is 29.9 Å². The van der Waals surface area contributed by atoms with Crippen LogP contribution in [0.5, 0.6) is 5.75 Å². The van der Waals surface area contributed by atoms with Gasteiger partial charge in [-0.2, -0.15) is 0 Å². The molecule has 0 bridgehead atoms. The summed E-state index contributed by atoms with van der Waals surface area (Å²) >= 11 is 0. The van der Waals surface area contributed by atoms with E-state index in [0.717, 1.165) is 0 Å². The first-order chi connectivity index (χ1) is 9.94. The van der Waals surface area contributed by atoms with Crippen molar-refractivity contribution in [2.75, 3.05) is 6.61 Å². The number of aliphatic hydroxyl groups excluding tert-OH is 3. The molecule has 0 amide bonds. The minimum Gasteiger partial charge on any atom is -0.508 e. The van der Waals surface area contributed by atoms with Crippen LogP contribution in [0.4, 0.5) is 0 Å². The van der Waals surface area contributed by atoms with E-state index in [9.17, 15) is 25.2 Å². The first kappa shape index (κ1) is 14.3. The summed E-state index contributed by atoms with van der Waals surface area (Å²) in [6.07, 6.45) is -4.30. The van der Waals surface area contributed by atoms with E-state index < -0.39 is 36.0 Å². The van der Waals surface area contributed by atoms with Crippen LogP contribution >= 0.6 is 0 Å². The largest absolute Gasteiger partial charge is 0.508 e. The molecule has 7 nitrogen and oxygen atoms in total. The molecule has 0 aliphatic carbocycles. The van der Waals surface area contributed by atoms with Crippen LogP contribution in [0.15, 0.2) is 24.3 Å². The standard InChI is InChI=1S/C14H16O7/c15-8-3-1-7(2-4-8)9-5-11(17)21-14(9)13(19)12(18)10(16)6-20-14/h1-4,9-10,12-13,15-16,18-19H,5-6H2/t9-,10-,12+,13?,14-/m0/s1. The zero-order chi connectivity index (χ0) is 15.2. The van der Waals surface area contributed by atoms with Crippen molar-refractivity contribution >= 4 is 5.97 Å². The van der Waals surface area contributed by atoms with Crippen LogP contribution in [0.3, 0.4) is 0 Å². The normalized spacial score (nSPS) is 39.5. The topological polar surface area (TPSA) is 116 Å². The number of aliphatic hydroxyl groups is 3. The van der Waals surface area contributed by atoms with Gasteiger partial charge >= 0.3 is 5.97 Å². The third kappa shape index (κ3) is 2.18. The average Bonchev–Trinajstić information content (AvgIpc) is 2.80. The second-order valence-electron chi connectivity index (χ2n) is 5.36. The van der Waals surface area contributed by atoms with Crippen molar-refractivity contribution in [1.82, 2.24) is 0 Å². The number of benzene rings is 1. The molecule has 114 valence electrons. The summed E-state index contributed by atoms with van der Waals surface area (Å²) in [7, 11) is 0. The number of ether oxygens (including phenoxy) is 2. The second-order valence-corrected chi connectivity index (χ2v) is 5.36. The van der Waals surface area contributed by atoms with Gasteiger partial charge in [-0.25, -0.2) is 0 Å². The fourth-order valence-corrected chi connectivity index (χ4v) is 2.90. The van der Waals surface area contributed by atoms with Crippen molar-refractivity contribution in [3.63, 3.8) is 0 Å². The SMILES string of the molecule is O=C1C[C@@H](c2ccc(O)cc2)[C@]2(OC[C@H](O)[C@@H](O)C2O)O1. The van der Waals surface area contributed by atoms with Crippen molar-refractivity contribution in [3.05, 3.63) is 29.8 Å². The number of carbonyl (C=O) groups is 1. The van der Waals surface area contributed by atoms with Crippen molar-refractivity contribution in [2.24, 2.45) is 0 Å². The van der Waals surface area contributed by atoms with Gasteiger partial charge in [-0.15, -0.1) is 0 Å². The smallest absolute Gasteiger partial charge is 0.309 e. The summed E-state index contributed by atoms with van der Waals surface area (Å²) in [6.45, 7) is -0.250. The summed E-state index contributed by atoms with van der Waals surface area (Å²) in [5.74, 6) is -2.84. The minimum absolute atomic E-state index is 0.0232. The lowest BCUT2D eigenvalue weighted by atomic mass is 9.82. The van der Waals surface area contributed by atoms with Crippen LogP contribution in [-0.2, 0) is 14.3 Å². The summed E-state index contributed by atoms with van der Waals surface area (Å²) in [5, 5.41) is 39.0. The first-order valence-corrected chi connectivity index (χ1v) is 6.63. The number of hydrogen-bond donors (Lipinski definition) is 4. The van der Waals surface area contributed by atoms with Gasteiger partial charge in [0.2, 0.25) is 5.79 Å². The molecule has 1 unspecified atom stereocenters. The van der Waals surface area contributed by atoms with E-state index in [1.165, 1.54) is 12.1 Å². The summed E-state index contributed by atoms with van der Waals surface area (Å²) in [5.41, 5.74) is 0.626. The molecule has 2 saturated heterocycles. The van der Waals surface area contributed by atoms with Gasteiger partial charge in [-0.1, -0.05) is 12.1 Å². The molecule has 2 aliphatic rings. The molecule has 0 radical (unpaired) electrons. The Morgan fingerprint density at radius 1 is 1.14 bits per heavy atom. The van der Waals surface area contributed by atoms with Crippen molar-refractivity contribution in [2.45, 2.75) is 36.4 Å². The number of phenolic OH excluding ortho intramolecular Hbond substituents is 1. The fourth-order valence-electron chi connectivity index (χ4n) is 2.90. The highest BCUT2D eigenvalue weighted by Crippen LogP contribution is 2.47. The molecule has 7 heteroatoms. The van der Waals surface area contributed by atoms with Crippen molar-refractivity contribution in [1.29, 1.82) is 0 Å². The minimum atomic E-state index is -1.72. The monoisotopic (exact) mass is 296 g/mol. The van der Waals surface area contributed by atoms with Crippen LogP contribution in [0, 0.1) is 0 Å². The molecule has 2 aliphatic heterocycles. The maximum Gasteiger partial charge on any atom is 0.309 e. The molecule has 3 rings (SSSR count). The Hall–Kier alpha value is -1.67. The van der Waals surface area contributed by atoms with E-state index in [4.69, 9.17) is 9.47 Å². The highest BCUT2D eigenvalue weighted by molar-refractivity contribution is 5.74. The Kier molecular flexibility index (Phi) is 3.37. The molecule has 4 N–H and O–H groups in total. The average molecular weight is 296 g/mol. The van der Waals surface area contributed by atoms with Gasteiger partial charge in [0, 0.05) is 0 Å². The third-order valence-corrected chi connectivity index (χ3v) is 4.03. The number of esters is 1. The molecule has 1 aromatic carbocycles. The molecular formula is C14H16O7. The van der Waals surface area contributed by atoms with Crippen LogP contribution in [-0.4, -0.2) is 57.1 Å². The quantitative estimate of drug-likeness (QED) is 0.503. The van der Waals surface area contributed by atoms with Crippen LogP contribution in [0.25, 0.3) is 0 Å². The molecular weight excluding hydrogens is 280 g/mol. The predicted octanol–water partition coefficient (Wildman–Crippen LogP) is -0.768. The molecule has 5 atom stereocenters. The Morgan fingerprint density at radius 3 is 2.48 bits per heavy atom. The zero-order valence-electron chi connectivity index (χ0n) is 11.0. The summed E-state index contributed by atoms with van der Waals surface area (Å²) in [6, 6.07) is 6.09. The Morgan fingerprint density at radius 2 is 1.81 bits per heavy atom. The molecule has 0 aromatic heterocycles. The molecule has 1 spiro atoms. The van der Waals surface area contributed by atoms with E-state index in [2.05, 4.69) is 0 Å². The molecule has 0 saturated carbocycles. The van der Waals surface area contributed by atoms with E-state index >= 15 is 0 Å². The third-order valence-electron chi connectivity index (χ3n) is 4.03. The van der Waals surface area contributed by atoms with E-state index in [-0.39, 0.29) is 18.8 Å². The van der Waals surface area contributed by atoms with Crippen molar-refractivity contribution in [3.8, 4) is 5.75 Å². The van der Waals surface area contributed by atoms with Crippen LogP contribution < -0.4 is 0 Å². The number of rotatable bonds is 1. The lowest BCUT2D eigenvalue weighted by Gasteiger charge is -2.44. The summed E-state index contributed by atoms with van der Waals surface area (Å²) < 4.78 is 10.6. The Labute approximate surface area is 120 Å². The number of carbonyl (C=O) groups excluding carboxylic acids is 1. The Balaban J connectivity index is 1.99. The maximum atomic E-state index is 11.7. The predicted molar refractivity (Wildman–Crippen MR) is 68.3 cm³/mol. The lowest BCUT2D eigenvalue weighted by Crippen LogP contribution is -2.62. The zero-order valence-corrected chi connectivity index (χ0v) is 11.0. The van der Waals surface area contributed by atoms with Gasteiger partial charge in [0.15, 0.2) is 0 Å². The highest BCUT2D eigenvalue weighted by Gasteiger charge is 2.61.